The van der Waals surface area contributed by atoms with Crippen molar-refractivity contribution in [1.82, 2.24) is 0 Å². The van der Waals surface area contributed by atoms with E-state index in [-0.39, 0.29) is 18.8 Å². The number of benzene rings is 1. The molecule has 31 heavy (non-hydrogen) atoms. The zero-order chi connectivity index (χ0) is 23.2. The van der Waals surface area contributed by atoms with E-state index in [4.69, 9.17) is 19.0 Å². The number of carbonyl (C=O) groups excluding carboxylic acids is 3. The summed E-state index contributed by atoms with van der Waals surface area (Å²) in [7, 11) is 0. The normalized spacial score (nSPS) is 16.6. The maximum Gasteiger partial charge on any atom is 0.377 e. The first-order valence-electron chi connectivity index (χ1n) is 10.1. The number of esters is 3. The Bertz CT molecular complexity index is 881. The quantitative estimate of drug-likeness (QED) is 0.498. The van der Waals surface area contributed by atoms with Gasteiger partial charge in [0.2, 0.25) is 0 Å². The minimum Gasteiger partial charge on any atom is -0.462 e. The Labute approximate surface area is 182 Å². The molecule has 8 nitrogen and oxygen atoms in total. The fourth-order valence-corrected chi connectivity index (χ4v) is 2.89. The molecular weight excluding hydrogens is 402 g/mol. The summed E-state index contributed by atoms with van der Waals surface area (Å²) in [4.78, 5) is 44.6. The molecule has 0 amide bonds. The molecule has 0 saturated heterocycles. The molecule has 168 valence electrons. The lowest BCUT2D eigenvalue weighted by Gasteiger charge is -2.24. The van der Waals surface area contributed by atoms with Crippen LogP contribution in [0.2, 0.25) is 0 Å². The second-order valence-corrected chi connectivity index (χ2v) is 7.72. The van der Waals surface area contributed by atoms with Crippen molar-refractivity contribution in [2.24, 2.45) is 5.92 Å². The van der Waals surface area contributed by atoms with Gasteiger partial charge in [0.15, 0.2) is 0 Å². The molecule has 0 bridgehead atoms. The fraction of sp³-hybridized carbons (Fsp3) is 0.435. The van der Waals surface area contributed by atoms with E-state index in [1.165, 1.54) is 11.1 Å². The summed E-state index contributed by atoms with van der Waals surface area (Å²) < 4.78 is 15.8. The molecule has 0 spiro atoms. The summed E-state index contributed by atoms with van der Waals surface area (Å²) in [5.41, 5.74) is -0.0174. The number of hydrogen-bond acceptors (Lipinski definition) is 8. The van der Waals surface area contributed by atoms with E-state index in [1.807, 2.05) is 6.07 Å². The Hall–Kier alpha value is -3.29. The van der Waals surface area contributed by atoms with E-state index in [9.17, 15) is 14.4 Å². The van der Waals surface area contributed by atoms with E-state index in [0.717, 1.165) is 0 Å². The highest BCUT2D eigenvalue weighted by atomic mass is 16.7. The van der Waals surface area contributed by atoms with Crippen molar-refractivity contribution in [3.8, 4) is 0 Å². The van der Waals surface area contributed by atoms with Gasteiger partial charge in [-0.15, -0.1) is 0 Å². The van der Waals surface area contributed by atoms with Crippen molar-refractivity contribution in [3.05, 3.63) is 53.4 Å². The Morgan fingerprint density at radius 2 is 1.58 bits per heavy atom. The number of carbonyl (C=O) groups is 3. The van der Waals surface area contributed by atoms with Gasteiger partial charge in [0.1, 0.15) is 17.1 Å². The number of hydrogen-bond donors (Lipinski definition) is 0. The molecule has 1 atom stereocenters. The Morgan fingerprint density at radius 3 is 2.13 bits per heavy atom. The third kappa shape index (κ3) is 6.10. The number of ether oxygens (including phenoxy) is 3. The number of allylic oxidation sites excluding steroid dienone is 1. The van der Waals surface area contributed by atoms with Crippen LogP contribution >= 0.6 is 0 Å². The molecule has 1 heterocycles. The van der Waals surface area contributed by atoms with E-state index >= 15 is 0 Å². The van der Waals surface area contributed by atoms with Crippen LogP contribution in [0.15, 0.2) is 53.4 Å². The van der Waals surface area contributed by atoms with Gasteiger partial charge in [0.25, 0.3) is 5.76 Å². The largest absolute Gasteiger partial charge is 0.462 e. The van der Waals surface area contributed by atoms with Crippen LogP contribution in [0.3, 0.4) is 0 Å². The van der Waals surface area contributed by atoms with Gasteiger partial charge in [0, 0.05) is 0 Å². The molecule has 1 aliphatic rings. The van der Waals surface area contributed by atoms with Gasteiger partial charge in [0.05, 0.1) is 24.6 Å². The Morgan fingerprint density at radius 1 is 1.00 bits per heavy atom. The van der Waals surface area contributed by atoms with E-state index < -0.39 is 35.2 Å². The predicted molar refractivity (Wildman–Crippen MR) is 113 cm³/mol. The topological polar surface area (TPSA) is 91.4 Å². The van der Waals surface area contributed by atoms with Gasteiger partial charge in [-0.1, -0.05) is 18.2 Å². The highest BCUT2D eigenvalue weighted by molar-refractivity contribution is 6.04. The average Bonchev–Trinajstić information content (AvgIpc) is 2.84. The molecule has 0 fully saturated rings. The van der Waals surface area contributed by atoms with Gasteiger partial charge in [-0.2, -0.15) is 5.06 Å². The van der Waals surface area contributed by atoms with Gasteiger partial charge in [-0.05, 0) is 59.8 Å². The van der Waals surface area contributed by atoms with Crippen LogP contribution in [-0.2, 0) is 33.4 Å². The molecule has 0 radical (unpaired) electrons. The summed E-state index contributed by atoms with van der Waals surface area (Å²) >= 11 is 0. The number of nitrogens with zero attached hydrogens (tertiary/aromatic N) is 1. The zero-order valence-electron chi connectivity index (χ0n) is 18.8. The first-order chi connectivity index (χ1) is 14.6. The van der Waals surface area contributed by atoms with Crippen molar-refractivity contribution in [1.29, 1.82) is 0 Å². The molecule has 0 N–H and O–H groups in total. The van der Waals surface area contributed by atoms with Crippen molar-refractivity contribution in [2.75, 3.05) is 18.3 Å². The van der Waals surface area contributed by atoms with Gasteiger partial charge >= 0.3 is 17.9 Å². The number of hydroxylamine groups is 1. The summed E-state index contributed by atoms with van der Waals surface area (Å²) in [5, 5.41) is 1.36. The first kappa shape index (κ1) is 24.0. The van der Waals surface area contributed by atoms with Crippen LogP contribution in [-0.4, -0.2) is 36.7 Å². The van der Waals surface area contributed by atoms with Crippen molar-refractivity contribution >= 4 is 23.6 Å². The van der Waals surface area contributed by atoms with E-state index in [2.05, 4.69) is 0 Å². The first-order valence-corrected chi connectivity index (χ1v) is 10.1. The monoisotopic (exact) mass is 431 g/mol. The maximum absolute atomic E-state index is 13.1. The number of anilines is 1. The lowest BCUT2D eigenvalue weighted by molar-refractivity contribution is -0.159. The molecule has 8 heteroatoms. The number of para-hydroxylation sites is 1. The van der Waals surface area contributed by atoms with Crippen LogP contribution in [0.1, 0.15) is 41.5 Å². The fourth-order valence-electron chi connectivity index (χ4n) is 2.89. The molecule has 0 aromatic heterocycles. The molecule has 1 aromatic carbocycles. The van der Waals surface area contributed by atoms with Crippen LogP contribution < -0.4 is 5.06 Å². The van der Waals surface area contributed by atoms with Crippen LogP contribution in [0.25, 0.3) is 0 Å². The van der Waals surface area contributed by atoms with E-state index in [0.29, 0.717) is 11.4 Å². The lowest BCUT2D eigenvalue weighted by Crippen LogP contribution is -2.32. The minimum atomic E-state index is -1.23. The van der Waals surface area contributed by atoms with E-state index in [1.54, 1.807) is 65.8 Å². The Balaban J connectivity index is 2.70. The maximum atomic E-state index is 13.1. The summed E-state index contributed by atoms with van der Waals surface area (Å²) in [6.07, 6.45) is 1.51. The highest BCUT2D eigenvalue weighted by Gasteiger charge is 2.41. The molecule has 1 aliphatic heterocycles. The van der Waals surface area contributed by atoms with Crippen molar-refractivity contribution in [3.63, 3.8) is 0 Å². The molecule has 1 aromatic rings. The van der Waals surface area contributed by atoms with Gasteiger partial charge < -0.3 is 19.0 Å². The summed E-state index contributed by atoms with van der Waals surface area (Å²) in [6, 6.07) is 8.94. The zero-order valence-corrected chi connectivity index (χ0v) is 18.8. The van der Waals surface area contributed by atoms with Crippen LogP contribution in [0.4, 0.5) is 5.69 Å². The highest BCUT2D eigenvalue weighted by Crippen LogP contribution is 2.33. The Kier molecular flexibility index (Phi) is 7.85. The SMILES string of the molecule is CCOC(=O)C1=C(C(=O)OCC)[C@@H](C(=O)OC(C)(C)C)C=C(C)N(c2ccccc2)O1. The molecular formula is C23H29NO7. The summed E-state index contributed by atoms with van der Waals surface area (Å²) in [5.74, 6) is -4.11. The molecule has 0 unspecified atom stereocenters. The lowest BCUT2D eigenvalue weighted by atomic mass is 9.96. The predicted octanol–water partition coefficient (Wildman–Crippen LogP) is 3.68. The average molecular weight is 431 g/mol. The van der Waals surface area contributed by atoms with Crippen LogP contribution in [0.5, 0.6) is 0 Å². The molecule has 0 aliphatic carbocycles. The van der Waals surface area contributed by atoms with Crippen LogP contribution in [0, 0.1) is 5.92 Å². The second kappa shape index (κ2) is 10.1. The smallest absolute Gasteiger partial charge is 0.377 e. The molecule has 0 saturated carbocycles. The minimum absolute atomic E-state index is 0.0462. The third-order valence-corrected chi connectivity index (χ3v) is 4.07. The second-order valence-electron chi connectivity index (χ2n) is 7.72. The van der Waals surface area contributed by atoms with Crippen molar-refractivity contribution < 1.29 is 33.4 Å². The molecule has 2 rings (SSSR count). The summed E-state index contributed by atoms with van der Waals surface area (Å²) in [6.45, 7) is 10.2. The van der Waals surface area contributed by atoms with Crippen molar-refractivity contribution in [2.45, 2.75) is 47.1 Å². The standard InChI is InChI=1S/C23H29NO7/c1-7-28-21(26)18-17(20(25)30-23(4,5)6)14-15(3)24(16-12-10-9-11-13-16)31-19(18)22(27)29-8-2/h9-14,17H,7-8H2,1-6H3/t17-/m0/s1. The number of rotatable bonds is 6. The third-order valence-electron chi connectivity index (χ3n) is 4.07. The van der Waals surface area contributed by atoms with Gasteiger partial charge in [-0.25, -0.2) is 9.59 Å². The van der Waals surface area contributed by atoms with Gasteiger partial charge in [-0.3, -0.25) is 4.79 Å².